The maximum atomic E-state index is 12.5. The molecule has 0 radical (unpaired) electrons. The molecular formula is C23H33N5O. The van der Waals surface area contributed by atoms with Crippen LogP contribution in [0.25, 0.3) is 0 Å². The molecule has 2 fully saturated rings. The third kappa shape index (κ3) is 5.04. The number of carbonyl (C=O) groups is 1. The zero-order valence-corrected chi connectivity index (χ0v) is 17.7. The Hall–Kier alpha value is -2.21. The first-order chi connectivity index (χ1) is 14.0. The molecule has 6 nitrogen and oxygen atoms in total. The number of rotatable bonds is 6. The summed E-state index contributed by atoms with van der Waals surface area (Å²) in [6.45, 7) is 9.19. The second-order valence-electron chi connectivity index (χ2n) is 9.36. The summed E-state index contributed by atoms with van der Waals surface area (Å²) < 4.78 is 0. The van der Waals surface area contributed by atoms with Crippen LogP contribution in [0.15, 0.2) is 30.6 Å². The van der Waals surface area contributed by atoms with Crippen LogP contribution in [0.1, 0.15) is 56.5 Å². The first-order valence-electron chi connectivity index (χ1n) is 10.9. The number of aromatic amines is 1. The Balaban J connectivity index is 1.32. The number of nitrogens with one attached hydrogen (secondary N) is 1. The Morgan fingerprint density at radius 3 is 2.62 bits per heavy atom. The van der Waals surface area contributed by atoms with Crippen molar-refractivity contribution in [2.45, 2.75) is 59.0 Å². The van der Waals surface area contributed by atoms with Crippen LogP contribution in [0.4, 0.5) is 0 Å². The summed E-state index contributed by atoms with van der Waals surface area (Å²) in [6.07, 6.45) is 8.70. The molecule has 2 saturated heterocycles. The van der Waals surface area contributed by atoms with Gasteiger partial charge in [0.2, 0.25) is 5.91 Å². The predicted octanol–water partition coefficient (Wildman–Crippen LogP) is 3.41. The summed E-state index contributed by atoms with van der Waals surface area (Å²) in [5.74, 6) is 0.926. The fraction of sp³-hybridized carbons (Fsp3) is 0.609. The molecule has 1 spiro atoms. The number of hydrogen-bond acceptors (Lipinski definition) is 4. The van der Waals surface area contributed by atoms with E-state index in [4.69, 9.17) is 0 Å². The smallest absolute Gasteiger partial charge is 0.222 e. The first-order valence-corrected chi connectivity index (χ1v) is 10.9. The van der Waals surface area contributed by atoms with Crippen molar-refractivity contribution in [3.8, 4) is 0 Å². The number of hydrogen-bond donors (Lipinski definition) is 1. The monoisotopic (exact) mass is 395 g/mol. The van der Waals surface area contributed by atoms with E-state index in [1.165, 1.54) is 29.8 Å². The molecule has 4 heterocycles. The van der Waals surface area contributed by atoms with E-state index < -0.39 is 0 Å². The van der Waals surface area contributed by atoms with E-state index in [-0.39, 0.29) is 5.41 Å². The quantitative estimate of drug-likeness (QED) is 0.814. The molecular weight excluding hydrogens is 362 g/mol. The molecule has 0 atom stereocenters. The van der Waals surface area contributed by atoms with Crippen LogP contribution in [0.5, 0.6) is 0 Å². The number of nitrogens with zero attached hydrogens (tertiary/aromatic N) is 4. The van der Waals surface area contributed by atoms with Crippen LogP contribution < -0.4 is 0 Å². The predicted molar refractivity (Wildman–Crippen MR) is 113 cm³/mol. The molecule has 2 aromatic heterocycles. The Labute approximate surface area is 173 Å². The van der Waals surface area contributed by atoms with Gasteiger partial charge in [-0.3, -0.25) is 19.8 Å². The van der Waals surface area contributed by atoms with Crippen molar-refractivity contribution in [2.24, 2.45) is 11.3 Å². The van der Waals surface area contributed by atoms with Gasteiger partial charge in [-0.25, -0.2) is 0 Å². The molecule has 0 aromatic carbocycles. The molecule has 0 bridgehead atoms. The topological polar surface area (TPSA) is 65.1 Å². The standard InChI is InChI=1S/C23H33N5O/c1-18(2)13-20-14-21(26-25-20)16-27-11-7-23(8-12-27)6-3-22(29)28(17-23)15-19-4-9-24-10-5-19/h4-5,9-10,14,18H,3,6-8,11-13,15-17H2,1-2H3,(H,25,26). The number of H-pyrrole nitrogens is 1. The highest BCUT2D eigenvalue weighted by Crippen LogP contribution is 2.40. The van der Waals surface area contributed by atoms with E-state index in [9.17, 15) is 4.79 Å². The number of piperidine rings is 2. The maximum absolute atomic E-state index is 12.5. The molecule has 156 valence electrons. The van der Waals surface area contributed by atoms with Gasteiger partial charge in [0, 0.05) is 44.1 Å². The van der Waals surface area contributed by atoms with Gasteiger partial charge < -0.3 is 4.90 Å². The van der Waals surface area contributed by atoms with Crippen LogP contribution in [0, 0.1) is 11.3 Å². The summed E-state index contributed by atoms with van der Waals surface area (Å²) >= 11 is 0. The highest BCUT2D eigenvalue weighted by molar-refractivity contribution is 5.77. The van der Waals surface area contributed by atoms with Gasteiger partial charge in [0.1, 0.15) is 0 Å². The molecule has 2 aliphatic rings. The normalized spacial score (nSPS) is 20.0. The van der Waals surface area contributed by atoms with E-state index in [0.717, 1.165) is 39.0 Å². The van der Waals surface area contributed by atoms with Crippen molar-refractivity contribution >= 4 is 5.91 Å². The van der Waals surface area contributed by atoms with Gasteiger partial charge in [-0.15, -0.1) is 0 Å². The second kappa shape index (κ2) is 8.66. The van der Waals surface area contributed by atoms with Crippen LogP contribution in [0.2, 0.25) is 0 Å². The van der Waals surface area contributed by atoms with E-state index in [1.807, 2.05) is 12.1 Å². The minimum atomic E-state index is 0.286. The van der Waals surface area contributed by atoms with Crippen molar-refractivity contribution in [3.63, 3.8) is 0 Å². The first kappa shape index (κ1) is 20.1. The van der Waals surface area contributed by atoms with Crippen LogP contribution >= 0.6 is 0 Å². The summed E-state index contributed by atoms with van der Waals surface area (Å²) in [4.78, 5) is 21.2. The lowest BCUT2D eigenvalue weighted by atomic mass is 9.72. The van der Waals surface area contributed by atoms with Crippen molar-refractivity contribution in [2.75, 3.05) is 19.6 Å². The Morgan fingerprint density at radius 2 is 1.90 bits per heavy atom. The van der Waals surface area contributed by atoms with E-state index in [1.54, 1.807) is 12.4 Å². The molecule has 6 heteroatoms. The van der Waals surface area contributed by atoms with Crippen molar-refractivity contribution in [1.29, 1.82) is 0 Å². The highest BCUT2D eigenvalue weighted by atomic mass is 16.2. The fourth-order valence-corrected chi connectivity index (χ4v) is 4.80. The van der Waals surface area contributed by atoms with Crippen LogP contribution in [-0.2, 0) is 24.3 Å². The summed E-state index contributed by atoms with van der Waals surface area (Å²) in [7, 11) is 0. The lowest BCUT2D eigenvalue weighted by Crippen LogP contribution is -2.51. The minimum absolute atomic E-state index is 0.286. The number of carbonyl (C=O) groups excluding carboxylic acids is 1. The average molecular weight is 396 g/mol. The maximum Gasteiger partial charge on any atom is 0.222 e. The van der Waals surface area contributed by atoms with E-state index >= 15 is 0 Å². The Kier molecular flexibility index (Phi) is 5.99. The third-order valence-electron chi connectivity index (χ3n) is 6.48. The SMILES string of the molecule is CC(C)Cc1cc(CN2CCC3(CCC(=O)N(Cc4ccncc4)C3)CC2)[nH]n1. The van der Waals surface area contributed by atoms with Gasteiger partial charge in [-0.05, 0) is 73.9 Å². The summed E-state index contributed by atoms with van der Waals surface area (Å²) in [6, 6.07) is 6.24. The van der Waals surface area contributed by atoms with Gasteiger partial charge in [-0.1, -0.05) is 13.8 Å². The zero-order valence-electron chi connectivity index (χ0n) is 17.7. The summed E-state index contributed by atoms with van der Waals surface area (Å²) in [5, 5.41) is 7.68. The van der Waals surface area contributed by atoms with Crippen molar-refractivity contribution < 1.29 is 4.79 Å². The van der Waals surface area contributed by atoms with Gasteiger partial charge >= 0.3 is 0 Å². The number of likely N-dealkylation sites (tertiary alicyclic amines) is 2. The second-order valence-corrected chi connectivity index (χ2v) is 9.36. The molecule has 4 rings (SSSR count). The molecule has 2 aromatic rings. The molecule has 0 unspecified atom stereocenters. The van der Waals surface area contributed by atoms with Crippen LogP contribution in [0.3, 0.4) is 0 Å². The summed E-state index contributed by atoms with van der Waals surface area (Å²) in [5.41, 5.74) is 3.84. The lowest BCUT2D eigenvalue weighted by molar-refractivity contribution is -0.140. The largest absolute Gasteiger partial charge is 0.338 e. The average Bonchev–Trinajstić information content (AvgIpc) is 3.14. The van der Waals surface area contributed by atoms with Gasteiger partial charge in [0.25, 0.3) is 0 Å². The van der Waals surface area contributed by atoms with Gasteiger partial charge in [0.15, 0.2) is 0 Å². The third-order valence-corrected chi connectivity index (χ3v) is 6.48. The fourth-order valence-electron chi connectivity index (χ4n) is 4.80. The molecule has 0 aliphatic carbocycles. The van der Waals surface area contributed by atoms with Crippen LogP contribution in [-0.4, -0.2) is 50.5 Å². The molecule has 0 saturated carbocycles. The molecule has 29 heavy (non-hydrogen) atoms. The Morgan fingerprint density at radius 1 is 1.14 bits per heavy atom. The Bertz CT molecular complexity index is 808. The molecule has 1 amide bonds. The van der Waals surface area contributed by atoms with Gasteiger partial charge in [-0.2, -0.15) is 5.10 Å². The number of pyridine rings is 1. The van der Waals surface area contributed by atoms with E-state index in [0.29, 0.717) is 24.8 Å². The molecule has 1 N–H and O–H groups in total. The number of amides is 1. The van der Waals surface area contributed by atoms with Gasteiger partial charge in [0.05, 0.1) is 5.69 Å². The van der Waals surface area contributed by atoms with Crippen molar-refractivity contribution in [3.05, 3.63) is 47.5 Å². The van der Waals surface area contributed by atoms with Crippen molar-refractivity contribution in [1.82, 2.24) is 25.0 Å². The zero-order chi connectivity index (χ0) is 20.3. The highest BCUT2D eigenvalue weighted by Gasteiger charge is 2.40. The van der Waals surface area contributed by atoms with E-state index in [2.05, 4.69) is 44.9 Å². The molecule has 2 aliphatic heterocycles. The lowest BCUT2D eigenvalue weighted by Gasteiger charge is -2.47. The minimum Gasteiger partial charge on any atom is -0.338 e. The number of aromatic nitrogens is 3.